The van der Waals surface area contributed by atoms with Gasteiger partial charge in [0.25, 0.3) is 0 Å². The Morgan fingerprint density at radius 3 is 2.90 bits per heavy atom. The van der Waals surface area contributed by atoms with E-state index in [2.05, 4.69) is 9.71 Å². The van der Waals surface area contributed by atoms with Crippen molar-refractivity contribution in [1.29, 1.82) is 0 Å². The van der Waals surface area contributed by atoms with Crippen LogP contribution in [0.2, 0.25) is 0 Å². The van der Waals surface area contributed by atoms with Gasteiger partial charge in [-0.25, -0.2) is 13.1 Å². The highest BCUT2D eigenvalue weighted by atomic mass is 32.2. The number of rotatable bonds is 5. The predicted molar refractivity (Wildman–Crippen MR) is 79.5 cm³/mol. The lowest BCUT2D eigenvalue weighted by atomic mass is 10.1. The molecule has 20 heavy (non-hydrogen) atoms. The summed E-state index contributed by atoms with van der Waals surface area (Å²) in [5, 5.41) is 0. The van der Waals surface area contributed by atoms with Crippen LogP contribution < -0.4 is 4.72 Å². The largest absolute Gasteiger partial charge is 0.253 e. The average Bonchev–Trinajstić information content (AvgIpc) is 3.08. The van der Waals surface area contributed by atoms with E-state index in [1.54, 1.807) is 17.8 Å². The van der Waals surface area contributed by atoms with E-state index in [1.165, 1.54) is 22.5 Å². The van der Waals surface area contributed by atoms with Gasteiger partial charge in [0.2, 0.25) is 10.0 Å². The Bertz CT molecular complexity index is 694. The normalized spacial score (nSPS) is 14.4. The summed E-state index contributed by atoms with van der Waals surface area (Å²) in [6.45, 7) is 0.404. The molecule has 2 aromatic rings. The molecular weight excluding hydrogens is 292 g/mol. The van der Waals surface area contributed by atoms with E-state index in [9.17, 15) is 8.42 Å². The van der Waals surface area contributed by atoms with Crippen molar-refractivity contribution in [2.45, 2.75) is 30.6 Å². The van der Waals surface area contributed by atoms with E-state index in [1.807, 2.05) is 12.1 Å². The van der Waals surface area contributed by atoms with E-state index in [0.29, 0.717) is 17.9 Å². The molecule has 0 aliphatic heterocycles. The topological polar surface area (TPSA) is 59.1 Å². The molecule has 0 unspecified atom stereocenters. The summed E-state index contributed by atoms with van der Waals surface area (Å²) < 4.78 is 27.1. The monoisotopic (exact) mass is 308 g/mol. The highest BCUT2D eigenvalue weighted by Gasteiger charge is 2.17. The molecule has 1 aromatic heterocycles. The van der Waals surface area contributed by atoms with Crippen LogP contribution in [-0.4, -0.2) is 19.9 Å². The molecule has 0 bridgehead atoms. The molecular formula is C14H16N2O2S2. The third-order valence-corrected chi connectivity index (χ3v) is 5.83. The lowest BCUT2D eigenvalue weighted by Crippen LogP contribution is -2.26. The van der Waals surface area contributed by atoms with Gasteiger partial charge in [-0.15, -0.1) is 11.3 Å². The number of sulfonamides is 1. The average molecular weight is 308 g/mol. The molecule has 0 amide bonds. The van der Waals surface area contributed by atoms with Crippen LogP contribution in [0.3, 0.4) is 0 Å². The molecule has 0 atom stereocenters. The molecule has 0 saturated heterocycles. The minimum atomic E-state index is -3.40. The van der Waals surface area contributed by atoms with Gasteiger partial charge >= 0.3 is 0 Å². The van der Waals surface area contributed by atoms with E-state index in [0.717, 1.165) is 24.1 Å². The number of hydrogen-bond acceptors (Lipinski definition) is 4. The number of aromatic nitrogens is 1. The van der Waals surface area contributed by atoms with Crippen molar-refractivity contribution in [3.05, 3.63) is 45.9 Å². The van der Waals surface area contributed by atoms with Crippen LogP contribution in [0.5, 0.6) is 0 Å². The van der Waals surface area contributed by atoms with Gasteiger partial charge in [0, 0.05) is 17.6 Å². The highest BCUT2D eigenvalue weighted by Crippen LogP contribution is 2.24. The zero-order valence-electron chi connectivity index (χ0n) is 11.0. The Morgan fingerprint density at radius 1 is 1.25 bits per heavy atom. The van der Waals surface area contributed by atoms with E-state index < -0.39 is 10.0 Å². The molecule has 1 aliphatic carbocycles. The lowest BCUT2D eigenvalue weighted by molar-refractivity contribution is 0.581. The third-order valence-electron chi connectivity index (χ3n) is 3.53. The highest BCUT2D eigenvalue weighted by molar-refractivity contribution is 7.89. The van der Waals surface area contributed by atoms with Gasteiger partial charge in [-0.3, -0.25) is 4.98 Å². The third kappa shape index (κ3) is 2.92. The van der Waals surface area contributed by atoms with Gasteiger partial charge in [0.15, 0.2) is 0 Å². The second-order valence-electron chi connectivity index (χ2n) is 4.90. The Balaban J connectivity index is 1.68. The van der Waals surface area contributed by atoms with Gasteiger partial charge in [-0.1, -0.05) is 6.07 Å². The fourth-order valence-corrected chi connectivity index (χ4v) is 4.15. The lowest BCUT2D eigenvalue weighted by Gasteiger charge is -2.08. The van der Waals surface area contributed by atoms with Gasteiger partial charge in [0.1, 0.15) is 0 Å². The van der Waals surface area contributed by atoms with Crippen molar-refractivity contribution in [1.82, 2.24) is 9.71 Å². The molecule has 3 rings (SSSR count). The van der Waals surface area contributed by atoms with Crippen LogP contribution in [-0.2, 0) is 29.3 Å². The number of benzene rings is 1. The number of aryl methyl sites for hydroxylation is 2. The first-order chi connectivity index (χ1) is 9.65. The van der Waals surface area contributed by atoms with Crippen LogP contribution in [0.4, 0.5) is 0 Å². The summed E-state index contributed by atoms with van der Waals surface area (Å²) >= 11 is 1.54. The SMILES string of the molecule is O=S(=O)(NCCc1cncs1)c1ccc2c(c1)CCC2. The minimum absolute atomic E-state index is 0.377. The quantitative estimate of drug-likeness (QED) is 0.921. The molecule has 6 heteroatoms. The first-order valence-electron chi connectivity index (χ1n) is 6.64. The zero-order valence-corrected chi connectivity index (χ0v) is 12.6. The molecule has 0 radical (unpaired) electrons. The first kappa shape index (κ1) is 13.7. The van der Waals surface area contributed by atoms with Crippen molar-refractivity contribution in [2.75, 3.05) is 6.54 Å². The molecule has 0 spiro atoms. The maximum Gasteiger partial charge on any atom is 0.240 e. The number of nitrogens with zero attached hydrogens (tertiary/aromatic N) is 1. The van der Waals surface area contributed by atoms with E-state index in [4.69, 9.17) is 0 Å². The molecule has 106 valence electrons. The molecule has 0 saturated carbocycles. The molecule has 1 aliphatic rings. The predicted octanol–water partition coefficient (Wildman–Crippen LogP) is 2.15. The summed E-state index contributed by atoms with van der Waals surface area (Å²) in [6.07, 6.45) is 5.62. The fourth-order valence-electron chi connectivity index (χ4n) is 2.47. The van der Waals surface area contributed by atoms with Crippen LogP contribution in [0.1, 0.15) is 22.4 Å². The molecule has 4 nitrogen and oxygen atoms in total. The summed E-state index contributed by atoms with van der Waals surface area (Å²) in [6, 6.07) is 5.47. The standard InChI is InChI=1S/C14H16N2O2S2/c17-20(18,16-7-6-13-9-15-10-19-13)14-5-4-11-2-1-3-12(11)8-14/h4-5,8-10,16H,1-3,6-7H2. The maximum absolute atomic E-state index is 12.2. The van der Waals surface area contributed by atoms with Crippen molar-refractivity contribution in [3.8, 4) is 0 Å². The Kier molecular flexibility index (Phi) is 3.87. The molecule has 1 heterocycles. The number of nitrogens with one attached hydrogen (secondary N) is 1. The molecule has 0 fully saturated rings. The van der Waals surface area contributed by atoms with Crippen LogP contribution >= 0.6 is 11.3 Å². The summed E-state index contributed by atoms with van der Waals surface area (Å²) in [4.78, 5) is 5.44. The number of fused-ring (bicyclic) bond motifs is 1. The van der Waals surface area contributed by atoms with Crippen LogP contribution in [0.25, 0.3) is 0 Å². The van der Waals surface area contributed by atoms with Crippen LogP contribution in [0, 0.1) is 0 Å². The van der Waals surface area contributed by atoms with Gasteiger partial charge in [-0.2, -0.15) is 0 Å². The second kappa shape index (κ2) is 5.63. The zero-order chi connectivity index (χ0) is 14.0. The van der Waals surface area contributed by atoms with Gasteiger partial charge in [0.05, 0.1) is 10.4 Å². The minimum Gasteiger partial charge on any atom is -0.253 e. The summed E-state index contributed by atoms with van der Waals surface area (Å²) in [5.74, 6) is 0. The smallest absolute Gasteiger partial charge is 0.240 e. The van der Waals surface area contributed by atoms with Crippen LogP contribution in [0.15, 0.2) is 34.8 Å². The molecule has 1 N–H and O–H groups in total. The molecule has 1 aromatic carbocycles. The Labute approximate surface area is 122 Å². The Morgan fingerprint density at radius 2 is 2.10 bits per heavy atom. The maximum atomic E-state index is 12.2. The summed E-state index contributed by atoms with van der Waals surface area (Å²) in [5.41, 5.74) is 4.22. The second-order valence-corrected chi connectivity index (χ2v) is 7.64. The fraction of sp³-hybridized carbons (Fsp3) is 0.357. The van der Waals surface area contributed by atoms with Gasteiger partial charge < -0.3 is 0 Å². The Hall–Kier alpha value is -1.24. The van der Waals surface area contributed by atoms with Gasteiger partial charge in [-0.05, 0) is 48.9 Å². The first-order valence-corrected chi connectivity index (χ1v) is 9.00. The van der Waals surface area contributed by atoms with Crippen molar-refractivity contribution < 1.29 is 8.42 Å². The summed E-state index contributed by atoms with van der Waals surface area (Å²) in [7, 11) is -3.40. The van der Waals surface area contributed by atoms with Crippen molar-refractivity contribution in [3.63, 3.8) is 0 Å². The van der Waals surface area contributed by atoms with E-state index in [-0.39, 0.29) is 0 Å². The number of thiazole rings is 1. The van der Waals surface area contributed by atoms with Crippen molar-refractivity contribution in [2.24, 2.45) is 0 Å². The van der Waals surface area contributed by atoms with E-state index >= 15 is 0 Å². The number of hydrogen-bond donors (Lipinski definition) is 1. The van der Waals surface area contributed by atoms with Crippen molar-refractivity contribution >= 4 is 21.4 Å².